The lowest BCUT2D eigenvalue weighted by molar-refractivity contribution is -0.121. The number of unbranched alkanes of at least 4 members (excludes halogenated alkanes) is 1. The van der Waals surface area contributed by atoms with Crippen molar-refractivity contribution in [2.75, 3.05) is 11.9 Å². The number of fused-ring (bicyclic) bond motifs is 1. The van der Waals surface area contributed by atoms with Gasteiger partial charge < -0.3 is 10.6 Å². The third kappa shape index (κ3) is 7.11. The molecule has 8 nitrogen and oxygen atoms in total. The van der Waals surface area contributed by atoms with Crippen molar-refractivity contribution >= 4 is 28.4 Å². The van der Waals surface area contributed by atoms with Gasteiger partial charge in [-0.3, -0.25) is 23.5 Å². The Morgan fingerprint density at radius 3 is 2.37 bits per heavy atom. The molecule has 0 aliphatic carbocycles. The Bertz CT molecular complexity index is 1300. The standard InChI is InChI=1S/C26H31FN4O4/c1-18(2)14-15-28-23(32)9-5-6-16-30-25(34)21-7-3-4-8-22(21)31(26(30)35)17-24(33)29-20-12-10-19(27)11-13-20/h3-4,7-8,10-13,18H,5-6,9,14-17H2,1-2H3,(H,28,32)(H,29,33). The van der Waals surface area contributed by atoms with Gasteiger partial charge in [-0.05, 0) is 61.6 Å². The fraction of sp³-hybridized carbons (Fsp3) is 0.385. The lowest BCUT2D eigenvalue weighted by atomic mass is 10.1. The quantitative estimate of drug-likeness (QED) is 0.410. The smallest absolute Gasteiger partial charge is 0.331 e. The van der Waals surface area contributed by atoms with E-state index in [2.05, 4.69) is 24.5 Å². The fourth-order valence-corrected chi connectivity index (χ4v) is 3.74. The van der Waals surface area contributed by atoms with Gasteiger partial charge in [-0.1, -0.05) is 26.0 Å². The van der Waals surface area contributed by atoms with Crippen LogP contribution in [-0.4, -0.2) is 27.5 Å². The van der Waals surface area contributed by atoms with Gasteiger partial charge in [0.2, 0.25) is 11.8 Å². The van der Waals surface area contributed by atoms with Crippen LogP contribution < -0.4 is 21.9 Å². The van der Waals surface area contributed by atoms with E-state index < -0.39 is 23.0 Å². The highest BCUT2D eigenvalue weighted by Crippen LogP contribution is 2.11. The third-order valence-electron chi connectivity index (χ3n) is 5.64. The molecular formula is C26H31FN4O4. The van der Waals surface area contributed by atoms with E-state index in [1.165, 1.54) is 28.8 Å². The van der Waals surface area contributed by atoms with Crippen molar-refractivity contribution in [3.8, 4) is 0 Å². The highest BCUT2D eigenvalue weighted by Gasteiger charge is 2.15. The Morgan fingerprint density at radius 2 is 1.66 bits per heavy atom. The molecule has 1 aromatic heterocycles. The van der Waals surface area contributed by atoms with Crippen LogP contribution in [-0.2, 0) is 22.7 Å². The molecule has 0 atom stereocenters. The number of anilines is 1. The first kappa shape index (κ1) is 25.9. The minimum atomic E-state index is -0.593. The Hall–Kier alpha value is -3.75. The van der Waals surface area contributed by atoms with Crippen molar-refractivity contribution in [2.45, 2.75) is 52.6 Å². The largest absolute Gasteiger partial charge is 0.356 e. The van der Waals surface area contributed by atoms with Crippen LogP contribution in [0.3, 0.4) is 0 Å². The molecule has 0 aliphatic rings. The van der Waals surface area contributed by atoms with Crippen LogP contribution >= 0.6 is 0 Å². The molecule has 0 aliphatic heterocycles. The summed E-state index contributed by atoms with van der Waals surface area (Å²) in [6.45, 7) is 4.64. The maximum atomic E-state index is 13.2. The molecule has 0 unspecified atom stereocenters. The van der Waals surface area contributed by atoms with Crippen molar-refractivity contribution in [3.63, 3.8) is 0 Å². The average Bonchev–Trinajstić information content (AvgIpc) is 2.82. The van der Waals surface area contributed by atoms with Gasteiger partial charge in [0.15, 0.2) is 0 Å². The third-order valence-corrected chi connectivity index (χ3v) is 5.64. The summed E-state index contributed by atoms with van der Waals surface area (Å²) in [6.07, 6.45) is 2.21. The molecule has 9 heteroatoms. The lowest BCUT2D eigenvalue weighted by Gasteiger charge is -2.14. The van der Waals surface area contributed by atoms with Gasteiger partial charge >= 0.3 is 5.69 Å². The predicted molar refractivity (Wildman–Crippen MR) is 134 cm³/mol. The minimum Gasteiger partial charge on any atom is -0.356 e. The first-order valence-electron chi connectivity index (χ1n) is 11.8. The zero-order valence-electron chi connectivity index (χ0n) is 20.1. The second-order valence-corrected chi connectivity index (χ2v) is 8.89. The Kier molecular flexibility index (Phi) is 8.94. The molecule has 2 amide bonds. The first-order valence-corrected chi connectivity index (χ1v) is 11.8. The van der Waals surface area contributed by atoms with Gasteiger partial charge in [0, 0.05) is 25.2 Å². The van der Waals surface area contributed by atoms with E-state index in [4.69, 9.17) is 0 Å². The Balaban J connectivity index is 1.72. The zero-order valence-corrected chi connectivity index (χ0v) is 20.1. The summed E-state index contributed by atoms with van der Waals surface area (Å²) in [5.41, 5.74) is -0.266. The van der Waals surface area contributed by atoms with E-state index in [9.17, 15) is 23.6 Å². The molecule has 1 heterocycles. The molecule has 0 spiro atoms. The molecule has 2 N–H and O–H groups in total. The zero-order chi connectivity index (χ0) is 25.4. The molecule has 0 fully saturated rings. The summed E-state index contributed by atoms with van der Waals surface area (Å²) in [7, 11) is 0. The lowest BCUT2D eigenvalue weighted by Crippen LogP contribution is -2.41. The molecular weight excluding hydrogens is 451 g/mol. The summed E-state index contributed by atoms with van der Waals surface area (Å²) < 4.78 is 15.5. The van der Waals surface area contributed by atoms with E-state index in [1.807, 2.05) is 0 Å². The van der Waals surface area contributed by atoms with E-state index in [0.717, 1.165) is 11.0 Å². The summed E-state index contributed by atoms with van der Waals surface area (Å²) in [5.74, 6) is -0.445. The van der Waals surface area contributed by atoms with E-state index >= 15 is 0 Å². The van der Waals surface area contributed by atoms with Gasteiger partial charge in [0.1, 0.15) is 12.4 Å². The number of benzene rings is 2. The normalized spacial score (nSPS) is 11.1. The minimum absolute atomic E-state index is 0.0496. The van der Waals surface area contributed by atoms with Crippen molar-refractivity contribution in [3.05, 3.63) is 75.2 Å². The summed E-state index contributed by atoms with van der Waals surface area (Å²) in [5, 5.41) is 5.84. The number of halogens is 1. The Morgan fingerprint density at radius 1 is 0.943 bits per heavy atom. The van der Waals surface area contributed by atoms with E-state index in [-0.39, 0.29) is 19.0 Å². The van der Waals surface area contributed by atoms with Crippen LogP contribution in [0.5, 0.6) is 0 Å². The maximum Gasteiger partial charge on any atom is 0.331 e. The van der Waals surface area contributed by atoms with Gasteiger partial charge in [0.05, 0.1) is 10.9 Å². The second kappa shape index (κ2) is 12.1. The van der Waals surface area contributed by atoms with Crippen molar-refractivity contribution < 1.29 is 14.0 Å². The van der Waals surface area contributed by atoms with Crippen LogP contribution in [0.25, 0.3) is 10.9 Å². The maximum absolute atomic E-state index is 13.2. The highest BCUT2D eigenvalue weighted by atomic mass is 19.1. The van der Waals surface area contributed by atoms with Crippen LogP contribution in [0.15, 0.2) is 58.1 Å². The van der Waals surface area contributed by atoms with Gasteiger partial charge in [-0.2, -0.15) is 0 Å². The van der Waals surface area contributed by atoms with E-state index in [0.29, 0.717) is 48.3 Å². The molecule has 0 saturated heterocycles. The van der Waals surface area contributed by atoms with Crippen LogP contribution in [0, 0.1) is 11.7 Å². The molecule has 3 aromatic rings. The van der Waals surface area contributed by atoms with Gasteiger partial charge in [-0.15, -0.1) is 0 Å². The number of hydrogen-bond donors (Lipinski definition) is 2. The summed E-state index contributed by atoms with van der Waals surface area (Å²) in [4.78, 5) is 50.8. The highest BCUT2D eigenvalue weighted by molar-refractivity contribution is 5.91. The number of carbonyl (C=O) groups is 2. The second-order valence-electron chi connectivity index (χ2n) is 8.89. The fourth-order valence-electron chi connectivity index (χ4n) is 3.74. The molecule has 2 aromatic carbocycles. The number of nitrogens with zero attached hydrogens (tertiary/aromatic N) is 2. The summed E-state index contributed by atoms with van der Waals surface area (Å²) in [6, 6.07) is 11.9. The van der Waals surface area contributed by atoms with Gasteiger partial charge in [-0.25, -0.2) is 9.18 Å². The van der Waals surface area contributed by atoms with Crippen LogP contribution in [0.1, 0.15) is 39.5 Å². The molecule has 0 radical (unpaired) electrons. The van der Waals surface area contributed by atoms with E-state index in [1.54, 1.807) is 24.3 Å². The number of rotatable bonds is 11. The molecule has 186 valence electrons. The predicted octanol–water partition coefficient (Wildman–Crippen LogP) is 3.27. The van der Waals surface area contributed by atoms with Crippen molar-refractivity contribution in [1.82, 2.24) is 14.5 Å². The number of para-hydroxylation sites is 1. The monoisotopic (exact) mass is 482 g/mol. The molecule has 0 saturated carbocycles. The number of nitrogens with one attached hydrogen (secondary N) is 2. The molecule has 35 heavy (non-hydrogen) atoms. The number of hydrogen-bond acceptors (Lipinski definition) is 4. The number of aromatic nitrogens is 2. The van der Waals surface area contributed by atoms with Crippen molar-refractivity contribution in [2.24, 2.45) is 5.92 Å². The van der Waals surface area contributed by atoms with Crippen LogP contribution in [0.4, 0.5) is 10.1 Å². The molecule has 0 bridgehead atoms. The average molecular weight is 483 g/mol. The number of amides is 2. The first-order chi connectivity index (χ1) is 16.8. The van der Waals surface area contributed by atoms with Crippen LogP contribution in [0.2, 0.25) is 0 Å². The summed E-state index contributed by atoms with van der Waals surface area (Å²) >= 11 is 0. The number of carbonyl (C=O) groups excluding carboxylic acids is 2. The topological polar surface area (TPSA) is 102 Å². The van der Waals surface area contributed by atoms with Crippen molar-refractivity contribution in [1.29, 1.82) is 0 Å². The molecule has 3 rings (SSSR count). The Labute approximate surface area is 202 Å². The SMILES string of the molecule is CC(C)CCNC(=O)CCCCn1c(=O)c2ccccc2n(CC(=O)Nc2ccc(F)cc2)c1=O. The van der Waals surface area contributed by atoms with Gasteiger partial charge in [0.25, 0.3) is 5.56 Å².